The largest absolute Gasteiger partial charge is 0.377 e. The SMILES string of the molecule is FC1CCC2OC[C@H](C3=CCCNC3)C2C1. The first kappa shape index (κ1) is 10.7. The van der Waals surface area contributed by atoms with Crippen molar-refractivity contribution in [2.75, 3.05) is 19.7 Å². The Morgan fingerprint density at radius 2 is 2.31 bits per heavy atom. The van der Waals surface area contributed by atoms with Gasteiger partial charge in [-0.2, -0.15) is 0 Å². The molecule has 4 atom stereocenters. The third-order valence-electron chi connectivity index (χ3n) is 4.31. The van der Waals surface area contributed by atoms with Crippen molar-refractivity contribution < 1.29 is 9.13 Å². The molecular weight excluding hydrogens is 205 g/mol. The molecular formula is C13H20FNO. The van der Waals surface area contributed by atoms with Gasteiger partial charge in [0.2, 0.25) is 0 Å². The van der Waals surface area contributed by atoms with Crippen molar-refractivity contribution in [2.24, 2.45) is 11.8 Å². The van der Waals surface area contributed by atoms with Crippen LogP contribution >= 0.6 is 0 Å². The quantitative estimate of drug-likeness (QED) is 0.690. The topological polar surface area (TPSA) is 21.3 Å². The van der Waals surface area contributed by atoms with Gasteiger partial charge in [0, 0.05) is 12.5 Å². The molecule has 90 valence electrons. The minimum atomic E-state index is -0.595. The molecule has 16 heavy (non-hydrogen) atoms. The summed E-state index contributed by atoms with van der Waals surface area (Å²) >= 11 is 0. The van der Waals surface area contributed by atoms with Crippen LogP contribution in [-0.2, 0) is 4.74 Å². The molecule has 0 aromatic heterocycles. The van der Waals surface area contributed by atoms with Crippen molar-refractivity contribution in [3.8, 4) is 0 Å². The lowest BCUT2D eigenvalue weighted by atomic mass is 9.76. The summed E-state index contributed by atoms with van der Waals surface area (Å²) in [5.74, 6) is 0.922. The molecule has 0 aromatic carbocycles. The van der Waals surface area contributed by atoms with Crippen LogP contribution in [-0.4, -0.2) is 32.0 Å². The van der Waals surface area contributed by atoms with Crippen molar-refractivity contribution in [1.82, 2.24) is 5.32 Å². The highest BCUT2D eigenvalue weighted by molar-refractivity contribution is 5.16. The number of ether oxygens (including phenoxy) is 1. The monoisotopic (exact) mass is 225 g/mol. The summed E-state index contributed by atoms with van der Waals surface area (Å²) < 4.78 is 19.3. The Kier molecular flexibility index (Phi) is 2.99. The van der Waals surface area contributed by atoms with Gasteiger partial charge >= 0.3 is 0 Å². The lowest BCUT2D eigenvalue weighted by molar-refractivity contribution is 0.0432. The second kappa shape index (κ2) is 4.46. The van der Waals surface area contributed by atoms with Gasteiger partial charge in [-0.15, -0.1) is 0 Å². The van der Waals surface area contributed by atoms with Crippen molar-refractivity contribution in [3.05, 3.63) is 11.6 Å². The molecule has 0 radical (unpaired) electrons. The molecule has 0 bridgehead atoms. The van der Waals surface area contributed by atoms with Crippen LogP contribution in [0, 0.1) is 11.8 Å². The summed E-state index contributed by atoms with van der Waals surface area (Å²) in [7, 11) is 0. The second-order valence-corrected chi connectivity index (χ2v) is 5.30. The maximum Gasteiger partial charge on any atom is 0.101 e. The van der Waals surface area contributed by atoms with E-state index in [1.807, 2.05) is 0 Å². The number of rotatable bonds is 1. The van der Waals surface area contributed by atoms with Crippen molar-refractivity contribution in [2.45, 2.75) is 38.0 Å². The molecule has 2 heterocycles. The zero-order valence-corrected chi connectivity index (χ0v) is 9.62. The van der Waals surface area contributed by atoms with Crippen molar-refractivity contribution in [3.63, 3.8) is 0 Å². The predicted molar refractivity (Wildman–Crippen MR) is 61.0 cm³/mol. The first-order chi connectivity index (χ1) is 7.84. The maximum atomic E-state index is 13.5. The summed E-state index contributed by atoms with van der Waals surface area (Å²) in [6.07, 6.45) is 5.53. The van der Waals surface area contributed by atoms with E-state index in [0.29, 0.717) is 30.8 Å². The van der Waals surface area contributed by atoms with Crippen LogP contribution in [0.5, 0.6) is 0 Å². The highest BCUT2D eigenvalue weighted by Gasteiger charge is 2.42. The Morgan fingerprint density at radius 1 is 1.38 bits per heavy atom. The molecule has 0 amide bonds. The van der Waals surface area contributed by atoms with Crippen LogP contribution in [0.25, 0.3) is 0 Å². The third kappa shape index (κ3) is 1.91. The average Bonchev–Trinajstić information content (AvgIpc) is 2.73. The van der Waals surface area contributed by atoms with E-state index in [2.05, 4.69) is 11.4 Å². The third-order valence-corrected chi connectivity index (χ3v) is 4.31. The van der Waals surface area contributed by atoms with E-state index in [4.69, 9.17) is 4.74 Å². The number of fused-ring (bicyclic) bond motifs is 1. The van der Waals surface area contributed by atoms with Gasteiger partial charge in [0.1, 0.15) is 6.17 Å². The van der Waals surface area contributed by atoms with Gasteiger partial charge < -0.3 is 10.1 Å². The molecule has 2 aliphatic heterocycles. The lowest BCUT2D eigenvalue weighted by Crippen LogP contribution is -2.33. The molecule has 1 saturated carbocycles. The van der Waals surface area contributed by atoms with Gasteiger partial charge in [0.25, 0.3) is 0 Å². The van der Waals surface area contributed by atoms with Gasteiger partial charge in [-0.1, -0.05) is 11.6 Å². The molecule has 0 spiro atoms. The molecule has 1 aliphatic carbocycles. The van der Waals surface area contributed by atoms with E-state index in [1.165, 1.54) is 5.57 Å². The van der Waals surface area contributed by atoms with Gasteiger partial charge in [-0.3, -0.25) is 0 Å². The average molecular weight is 225 g/mol. The van der Waals surface area contributed by atoms with Crippen LogP contribution in [0.3, 0.4) is 0 Å². The molecule has 0 aromatic rings. The molecule has 1 saturated heterocycles. The van der Waals surface area contributed by atoms with Crippen LogP contribution in [0.4, 0.5) is 4.39 Å². The van der Waals surface area contributed by atoms with E-state index >= 15 is 0 Å². The molecule has 1 N–H and O–H groups in total. The van der Waals surface area contributed by atoms with Gasteiger partial charge in [0.15, 0.2) is 0 Å². The summed E-state index contributed by atoms with van der Waals surface area (Å²) in [6.45, 7) is 2.88. The van der Waals surface area contributed by atoms with Crippen LogP contribution in [0.1, 0.15) is 25.7 Å². The van der Waals surface area contributed by atoms with E-state index in [1.54, 1.807) is 0 Å². The number of halogens is 1. The first-order valence-electron chi connectivity index (χ1n) is 6.50. The molecule has 2 fully saturated rings. The van der Waals surface area contributed by atoms with Gasteiger partial charge in [0.05, 0.1) is 12.7 Å². The number of nitrogens with one attached hydrogen (secondary N) is 1. The van der Waals surface area contributed by atoms with Gasteiger partial charge in [-0.05, 0) is 38.1 Å². The molecule has 3 heteroatoms. The smallest absolute Gasteiger partial charge is 0.101 e. The number of alkyl halides is 1. The maximum absolute atomic E-state index is 13.5. The summed E-state index contributed by atoms with van der Waals surface area (Å²) in [6, 6.07) is 0. The minimum absolute atomic E-state index is 0.333. The number of hydrogen-bond donors (Lipinski definition) is 1. The van der Waals surface area contributed by atoms with Crippen LogP contribution < -0.4 is 5.32 Å². The highest BCUT2D eigenvalue weighted by atomic mass is 19.1. The Balaban J connectivity index is 1.73. The highest BCUT2D eigenvalue weighted by Crippen LogP contribution is 2.42. The normalized spacial score (nSPS) is 43.9. The molecule has 3 aliphatic rings. The fraction of sp³-hybridized carbons (Fsp3) is 0.846. The number of hydrogen-bond acceptors (Lipinski definition) is 2. The summed E-state index contributed by atoms with van der Waals surface area (Å²) in [5.41, 5.74) is 1.47. The Bertz CT molecular complexity index is 292. The van der Waals surface area contributed by atoms with E-state index in [9.17, 15) is 4.39 Å². The summed E-state index contributed by atoms with van der Waals surface area (Å²) in [5, 5.41) is 3.40. The van der Waals surface area contributed by atoms with Crippen LogP contribution in [0.15, 0.2) is 11.6 Å². The minimum Gasteiger partial charge on any atom is -0.377 e. The van der Waals surface area contributed by atoms with Crippen LogP contribution in [0.2, 0.25) is 0 Å². The van der Waals surface area contributed by atoms with E-state index in [0.717, 1.165) is 32.5 Å². The predicted octanol–water partition coefficient (Wildman–Crippen LogP) is 2.06. The Morgan fingerprint density at radius 3 is 3.12 bits per heavy atom. The van der Waals surface area contributed by atoms with Crippen molar-refractivity contribution in [1.29, 1.82) is 0 Å². The molecule has 2 nitrogen and oxygen atoms in total. The van der Waals surface area contributed by atoms with Crippen molar-refractivity contribution >= 4 is 0 Å². The Hall–Kier alpha value is -0.410. The second-order valence-electron chi connectivity index (χ2n) is 5.30. The first-order valence-corrected chi connectivity index (χ1v) is 6.50. The fourth-order valence-electron chi connectivity index (χ4n) is 3.43. The summed E-state index contributed by atoms with van der Waals surface area (Å²) in [4.78, 5) is 0. The zero-order chi connectivity index (χ0) is 11.0. The fourth-order valence-corrected chi connectivity index (χ4v) is 3.43. The molecule has 3 unspecified atom stereocenters. The molecule has 3 rings (SSSR count). The lowest BCUT2D eigenvalue weighted by Gasteiger charge is -2.31. The standard InChI is InChI=1S/C13H20FNO/c14-10-3-4-13-11(6-10)12(8-16-13)9-2-1-5-15-7-9/h2,10-13,15H,1,3-8H2/t10?,11?,12-,13?/m1/s1. The zero-order valence-electron chi connectivity index (χ0n) is 9.62. The van der Waals surface area contributed by atoms with E-state index in [-0.39, 0.29) is 0 Å². The van der Waals surface area contributed by atoms with E-state index < -0.39 is 6.17 Å². The van der Waals surface area contributed by atoms with Gasteiger partial charge in [-0.25, -0.2) is 4.39 Å². The Labute approximate surface area is 96.2 Å².